The van der Waals surface area contributed by atoms with E-state index in [1.165, 1.54) is 19.3 Å². The molecule has 10 heavy (non-hydrogen) atoms. The maximum absolute atomic E-state index is 4.26. The lowest BCUT2D eigenvalue weighted by atomic mass is 9.86. The Morgan fingerprint density at radius 3 is 3.40 bits per heavy atom. The van der Waals surface area contributed by atoms with Crippen molar-refractivity contribution in [1.29, 1.82) is 0 Å². The van der Waals surface area contributed by atoms with Crippen LogP contribution in [0, 0.1) is 5.92 Å². The summed E-state index contributed by atoms with van der Waals surface area (Å²) in [5.74, 6) is 0.892. The van der Waals surface area contributed by atoms with Crippen molar-refractivity contribution in [3.8, 4) is 0 Å². The molecule has 0 amide bonds. The molecule has 1 nitrogen and oxygen atoms in total. The lowest BCUT2D eigenvalue weighted by Gasteiger charge is -2.18. The summed E-state index contributed by atoms with van der Waals surface area (Å²) >= 11 is 0. The van der Waals surface area contributed by atoms with Crippen LogP contribution in [0.25, 0.3) is 0 Å². The van der Waals surface area contributed by atoms with Crippen LogP contribution in [0.15, 0.2) is 16.1 Å². The molecule has 1 heterocycles. The average molecular weight is 135 g/mol. The zero-order valence-electron chi connectivity index (χ0n) is 6.43. The van der Waals surface area contributed by atoms with E-state index < -0.39 is 0 Å². The minimum atomic E-state index is 0.892. The van der Waals surface area contributed by atoms with Crippen molar-refractivity contribution in [2.45, 2.75) is 26.2 Å². The third-order valence-corrected chi connectivity index (χ3v) is 2.49. The summed E-state index contributed by atoms with van der Waals surface area (Å²) < 4.78 is 0. The van der Waals surface area contributed by atoms with Gasteiger partial charge in [0.05, 0.1) is 6.54 Å². The molecule has 0 aromatic rings. The second-order valence-electron chi connectivity index (χ2n) is 3.45. The van der Waals surface area contributed by atoms with E-state index in [0.717, 1.165) is 12.5 Å². The van der Waals surface area contributed by atoms with E-state index in [4.69, 9.17) is 0 Å². The van der Waals surface area contributed by atoms with E-state index in [1.54, 1.807) is 11.1 Å². The standard InChI is InChI=1S/C9H13N/c1-7-2-3-8-5-10-6-9(8)4-7/h6-7H,2-5H2,1H3. The third kappa shape index (κ3) is 0.898. The van der Waals surface area contributed by atoms with E-state index in [1.807, 2.05) is 0 Å². The van der Waals surface area contributed by atoms with Crippen LogP contribution in [0.3, 0.4) is 0 Å². The largest absolute Gasteiger partial charge is 0.288 e. The zero-order valence-corrected chi connectivity index (χ0v) is 6.43. The molecule has 0 bridgehead atoms. The molecule has 0 aromatic heterocycles. The van der Waals surface area contributed by atoms with Crippen molar-refractivity contribution < 1.29 is 0 Å². The van der Waals surface area contributed by atoms with Crippen LogP contribution in [0.4, 0.5) is 0 Å². The van der Waals surface area contributed by atoms with Crippen LogP contribution in [0.2, 0.25) is 0 Å². The molecule has 0 spiro atoms. The van der Waals surface area contributed by atoms with Gasteiger partial charge < -0.3 is 0 Å². The Morgan fingerprint density at radius 1 is 1.60 bits per heavy atom. The van der Waals surface area contributed by atoms with Crippen molar-refractivity contribution >= 4 is 6.21 Å². The van der Waals surface area contributed by atoms with E-state index in [2.05, 4.69) is 18.1 Å². The van der Waals surface area contributed by atoms with E-state index >= 15 is 0 Å². The summed E-state index contributed by atoms with van der Waals surface area (Å²) in [6, 6.07) is 0. The normalized spacial score (nSPS) is 31.1. The lowest BCUT2D eigenvalue weighted by molar-refractivity contribution is 0.507. The molecule has 1 aliphatic heterocycles. The smallest absolute Gasteiger partial charge is 0.0605 e. The highest BCUT2D eigenvalue weighted by Crippen LogP contribution is 2.30. The molecule has 2 rings (SSSR count). The number of nitrogens with zero attached hydrogens (tertiary/aromatic N) is 1. The number of aliphatic imine (C=N–C) groups is 1. The van der Waals surface area contributed by atoms with E-state index in [9.17, 15) is 0 Å². The van der Waals surface area contributed by atoms with Crippen LogP contribution < -0.4 is 0 Å². The molecular formula is C9H13N. The number of allylic oxidation sites excluding steroid dienone is 1. The number of hydrogen-bond acceptors (Lipinski definition) is 1. The predicted octanol–water partition coefficient (Wildman–Crippen LogP) is 2.19. The molecule has 2 aliphatic rings. The molecule has 0 aromatic carbocycles. The van der Waals surface area contributed by atoms with Crippen molar-refractivity contribution in [3.63, 3.8) is 0 Å². The van der Waals surface area contributed by atoms with Crippen LogP contribution in [-0.2, 0) is 0 Å². The molecule has 1 heteroatoms. The van der Waals surface area contributed by atoms with Crippen molar-refractivity contribution in [2.24, 2.45) is 10.9 Å². The van der Waals surface area contributed by atoms with Gasteiger partial charge in [0.15, 0.2) is 0 Å². The molecule has 1 unspecified atom stereocenters. The van der Waals surface area contributed by atoms with Crippen LogP contribution >= 0.6 is 0 Å². The predicted molar refractivity (Wildman–Crippen MR) is 43.4 cm³/mol. The topological polar surface area (TPSA) is 12.4 Å². The Hall–Kier alpha value is -0.590. The van der Waals surface area contributed by atoms with Crippen molar-refractivity contribution in [2.75, 3.05) is 6.54 Å². The Kier molecular flexibility index (Phi) is 1.37. The highest BCUT2D eigenvalue weighted by Gasteiger charge is 2.18. The van der Waals surface area contributed by atoms with Gasteiger partial charge in [-0.05, 0) is 36.3 Å². The fourth-order valence-electron chi connectivity index (χ4n) is 1.79. The molecule has 0 saturated carbocycles. The molecule has 1 aliphatic carbocycles. The second-order valence-corrected chi connectivity index (χ2v) is 3.45. The molecule has 0 radical (unpaired) electrons. The molecule has 0 saturated heterocycles. The van der Waals surface area contributed by atoms with Gasteiger partial charge in [0, 0.05) is 6.21 Å². The average Bonchev–Trinajstić information content (AvgIpc) is 2.33. The lowest BCUT2D eigenvalue weighted by Crippen LogP contribution is -2.06. The maximum Gasteiger partial charge on any atom is 0.0605 e. The Morgan fingerprint density at radius 2 is 2.50 bits per heavy atom. The number of hydrogen-bond donors (Lipinski definition) is 0. The van der Waals surface area contributed by atoms with Gasteiger partial charge in [-0.15, -0.1) is 0 Å². The number of rotatable bonds is 0. The second kappa shape index (κ2) is 2.22. The maximum atomic E-state index is 4.26. The van der Waals surface area contributed by atoms with Gasteiger partial charge in [-0.3, -0.25) is 4.99 Å². The van der Waals surface area contributed by atoms with Crippen molar-refractivity contribution in [1.82, 2.24) is 0 Å². The molecule has 0 fully saturated rings. The summed E-state index contributed by atoms with van der Waals surface area (Å²) in [6.07, 6.45) is 6.03. The fourth-order valence-corrected chi connectivity index (χ4v) is 1.79. The van der Waals surface area contributed by atoms with Gasteiger partial charge in [0.2, 0.25) is 0 Å². The summed E-state index contributed by atoms with van der Waals surface area (Å²) in [5, 5.41) is 0. The van der Waals surface area contributed by atoms with Crippen LogP contribution in [-0.4, -0.2) is 12.8 Å². The van der Waals surface area contributed by atoms with Gasteiger partial charge >= 0.3 is 0 Å². The van der Waals surface area contributed by atoms with E-state index in [0.29, 0.717) is 0 Å². The minimum absolute atomic E-state index is 0.892. The molecule has 54 valence electrons. The SMILES string of the molecule is CC1CCC2=C(C=NC2)C1. The van der Waals surface area contributed by atoms with Crippen LogP contribution in [0.5, 0.6) is 0 Å². The summed E-state index contributed by atoms with van der Waals surface area (Å²) in [4.78, 5) is 4.26. The van der Waals surface area contributed by atoms with Gasteiger partial charge in [0.1, 0.15) is 0 Å². The third-order valence-electron chi connectivity index (χ3n) is 2.49. The first-order chi connectivity index (χ1) is 4.86. The molecule has 0 N–H and O–H groups in total. The summed E-state index contributed by atoms with van der Waals surface area (Å²) in [6.45, 7) is 3.33. The highest BCUT2D eigenvalue weighted by molar-refractivity contribution is 5.82. The quantitative estimate of drug-likeness (QED) is 0.483. The summed E-state index contributed by atoms with van der Waals surface area (Å²) in [5.41, 5.74) is 3.15. The Bertz CT molecular complexity index is 201. The van der Waals surface area contributed by atoms with Crippen molar-refractivity contribution in [3.05, 3.63) is 11.1 Å². The first-order valence-electron chi connectivity index (χ1n) is 4.07. The monoisotopic (exact) mass is 135 g/mol. The van der Waals surface area contributed by atoms with E-state index in [-0.39, 0.29) is 0 Å². The van der Waals surface area contributed by atoms with Gasteiger partial charge in [0.25, 0.3) is 0 Å². The fraction of sp³-hybridized carbons (Fsp3) is 0.667. The molecule has 1 atom stereocenters. The Labute approximate surface area is 61.9 Å². The minimum Gasteiger partial charge on any atom is -0.288 e. The van der Waals surface area contributed by atoms with Gasteiger partial charge in [-0.2, -0.15) is 0 Å². The van der Waals surface area contributed by atoms with Gasteiger partial charge in [-0.1, -0.05) is 6.92 Å². The molecular weight excluding hydrogens is 122 g/mol. The first kappa shape index (κ1) is 6.14. The first-order valence-corrected chi connectivity index (χ1v) is 4.07. The Balaban J connectivity index is 2.19. The highest BCUT2D eigenvalue weighted by atomic mass is 14.7. The van der Waals surface area contributed by atoms with Crippen LogP contribution in [0.1, 0.15) is 26.2 Å². The van der Waals surface area contributed by atoms with Gasteiger partial charge in [-0.25, -0.2) is 0 Å². The summed E-state index contributed by atoms with van der Waals surface area (Å²) in [7, 11) is 0. The zero-order chi connectivity index (χ0) is 6.97.